The summed E-state index contributed by atoms with van der Waals surface area (Å²) in [6, 6.07) is 9.78. The summed E-state index contributed by atoms with van der Waals surface area (Å²) in [5, 5.41) is 8.21. The highest BCUT2D eigenvalue weighted by Crippen LogP contribution is 2.22. The second-order valence-corrected chi connectivity index (χ2v) is 6.12. The molecule has 6 nitrogen and oxygen atoms in total. The van der Waals surface area contributed by atoms with E-state index in [1.807, 2.05) is 44.2 Å². The summed E-state index contributed by atoms with van der Waals surface area (Å²) in [6.07, 6.45) is 0. The molecule has 0 N–H and O–H groups in total. The number of ether oxygens (including phenoxy) is 1. The summed E-state index contributed by atoms with van der Waals surface area (Å²) in [5.41, 5.74) is 4.42. The number of Topliss-reactive ketones (excluding diaryl/α,β-unsaturated/α-hetero) is 1. The molecule has 0 amide bonds. The molecule has 0 radical (unpaired) electrons. The Kier molecular flexibility index (Phi) is 4.49. The van der Waals surface area contributed by atoms with E-state index in [0.717, 1.165) is 28.0 Å². The Labute approximate surface area is 141 Å². The van der Waals surface area contributed by atoms with Crippen molar-refractivity contribution in [3.05, 3.63) is 47.3 Å². The van der Waals surface area contributed by atoms with Gasteiger partial charge in [-0.1, -0.05) is 17.3 Å². The van der Waals surface area contributed by atoms with Crippen LogP contribution in [0.2, 0.25) is 0 Å². The lowest BCUT2D eigenvalue weighted by Crippen LogP contribution is -2.16. The number of aryl methyl sites for hydroxylation is 1. The third-order valence-electron chi connectivity index (χ3n) is 4.35. The number of aromatic nitrogens is 4. The average molecular weight is 326 g/mol. The van der Waals surface area contributed by atoms with Crippen LogP contribution < -0.4 is 0 Å². The summed E-state index contributed by atoms with van der Waals surface area (Å²) in [7, 11) is 1.69. The Bertz CT molecular complexity index is 878. The van der Waals surface area contributed by atoms with Gasteiger partial charge in [0.15, 0.2) is 5.78 Å². The van der Waals surface area contributed by atoms with Gasteiger partial charge >= 0.3 is 0 Å². The SMILES string of the molecule is COC[C@H](C)n1c(C)cc(C(=O)Cn2nnc3ccccc32)c1C. The molecular weight excluding hydrogens is 304 g/mol. The van der Waals surface area contributed by atoms with E-state index in [0.29, 0.717) is 6.61 Å². The van der Waals surface area contributed by atoms with Gasteiger partial charge in [0, 0.05) is 24.1 Å². The van der Waals surface area contributed by atoms with Crippen molar-refractivity contribution in [3.8, 4) is 0 Å². The highest BCUT2D eigenvalue weighted by Gasteiger charge is 2.19. The molecule has 0 spiro atoms. The third-order valence-corrected chi connectivity index (χ3v) is 4.35. The number of carbonyl (C=O) groups excluding carboxylic acids is 1. The van der Waals surface area contributed by atoms with Crippen molar-refractivity contribution in [2.75, 3.05) is 13.7 Å². The molecule has 3 aromatic rings. The van der Waals surface area contributed by atoms with E-state index in [2.05, 4.69) is 21.8 Å². The van der Waals surface area contributed by atoms with Crippen molar-refractivity contribution in [3.63, 3.8) is 0 Å². The topological polar surface area (TPSA) is 61.9 Å². The average Bonchev–Trinajstić information content (AvgIpc) is 3.09. The quantitative estimate of drug-likeness (QED) is 0.653. The van der Waals surface area contributed by atoms with Crippen molar-refractivity contribution in [2.45, 2.75) is 33.4 Å². The van der Waals surface area contributed by atoms with Crippen molar-refractivity contribution in [1.29, 1.82) is 0 Å². The van der Waals surface area contributed by atoms with Gasteiger partial charge in [-0.15, -0.1) is 5.10 Å². The Morgan fingerprint density at radius 2 is 2.04 bits per heavy atom. The van der Waals surface area contributed by atoms with E-state index in [1.54, 1.807) is 11.8 Å². The van der Waals surface area contributed by atoms with Gasteiger partial charge in [-0.3, -0.25) is 4.79 Å². The van der Waals surface area contributed by atoms with Crippen LogP contribution in [-0.4, -0.2) is 39.1 Å². The standard InChI is InChI=1S/C18H22N4O2/c1-12-9-15(14(3)22(12)13(2)11-24-4)18(23)10-21-17-8-6-5-7-16(17)19-20-21/h5-9,13H,10-11H2,1-4H3/t13-/m0/s1. The van der Waals surface area contributed by atoms with Crippen LogP contribution in [0.3, 0.4) is 0 Å². The molecule has 0 saturated heterocycles. The largest absolute Gasteiger partial charge is 0.383 e. The minimum Gasteiger partial charge on any atom is -0.383 e. The fraction of sp³-hybridized carbons (Fsp3) is 0.389. The van der Waals surface area contributed by atoms with E-state index in [9.17, 15) is 4.79 Å². The number of methoxy groups -OCH3 is 1. The van der Waals surface area contributed by atoms with Crippen molar-refractivity contribution >= 4 is 16.8 Å². The number of hydrogen-bond acceptors (Lipinski definition) is 4. The molecule has 0 fully saturated rings. The first-order valence-electron chi connectivity index (χ1n) is 8.01. The number of fused-ring (bicyclic) bond motifs is 1. The minimum absolute atomic E-state index is 0.0367. The molecule has 2 aromatic heterocycles. The Balaban J connectivity index is 1.89. The number of nitrogens with zero attached hydrogens (tertiary/aromatic N) is 4. The van der Waals surface area contributed by atoms with Gasteiger partial charge in [-0.25, -0.2) is 4.68 Å². The van der Waals surface area contributed by atoms with Crippen molar-refractivity contribution in [2.24, 2.45) is 0 Å². The molecule has 2 heterocycles. The third kappa shape index (κ3) is 2.85. The molecule has 126 valence electrons. The van der Waals surface area contributed by atoms with Gasteiger partial charge in [-0.2, -0.15) is 0 Å². The van der Waals surface area contributed by atoms with Crippen LogP contribution in [0.1, 0.15) is 34.7 Å². The first kappa shape index (κ1) is 16.4. The lowest BCUT2D eigenvalue weighted by Gasteiger charge is -2.17. The predicted molar refractivity (Wildman–Crippen MR) is 92.4 cm³/mol. The van der Waals surface area contributed by atoms with Gasteiger partial charge in [0.2, 0.25) is 0 Å². The summed E-state index contributed by atoms with van der Waals surface area (Å²) in [4.78, 5) is 12.8. The van der Waals surface area contributed by atoms with E-state index in [1.165, 1.54) is 0 Å². The van der Waals surface area contributed by atoms with E-state index in [-0.39, 0.29) is 18.4 Å². The van der Waals surface area contributed by atoms with Crippen LogP contribution in [0.15, 0.2) is 30.3 Å². The fourth-order valence-electron chi connectivity index (χ4n) is 3.31. The van der Waals surface area contributed by atoms with Gasteiger partial charge in [-0.05, 0) is 39.0 Å². The smallest absolute Gasteiger partial charge is 0.186 e. The molecule has 24 heavy (non-hydrogen) atoms. The lowest BCUT2D eigenvalue weighted by atomic mass is 10.1. The molecule has 6 heteroatoms. The zero-order valence-electron chi connectivity index (χ0n) is 14.5. The number of hydrogen-bond donors (Lipinski definition) is 0. The summed E-state index contributed by atoms with van der Waals surface area (Å²) >= 11 is 0. The Morgan fingerprint density at radius 3 is 2.79 bits per heavy atom. The second kappa shape index (κ2) is 6.57. The summed E-state index contributed by atoms with van der Waals surface area (Å²) < 4.78 is 9.05. The normalized spacial score (nSPS) is 12.7. The number of para-hydroxylation sites is 1. The summed E-state index contributed by atoms with van der Waals surface area (Å²) in [5.74, 6) is 0.0367. The van der Waals surface area contributed by atoms with Gasteiger partial charge in [0.25, 0.3) is 0 Å². The molecule has 0 saturated carbocycles. The van der Waals surface area contributed by atoms with E-state index in [4.69, 9.17) is 4.74 Å². The molecular formula is C18H22N4O2. The van der Waals surface area contributed by atoms with Crippen LogP contribution >= 0.6 is 0 Å². The maximum atomic E-state index is 12.8. The summed E-state index contributed by atoms with van der Waals surface area (Å²) in [6.45, 7) is 6.87. The molecule has 0 aliphatic carbocycles. The van der Waals surface area contributed by atoms with Crippen molar-refractivity contribution in [1.82, 2.24) is 19.6 Å². The van der Waals surface area contributed by atoms with Crippen LogP contribution in [0, 0.1) is 13.8 Å². The highest BCUT2D eigenvalue weighted by molar-refractivity contribution is 5.97. The molecule has 0 aliphatic rings. The Morgan fingerprint density at radius 1 is 1.29 bits per heavy atom. The molecule has 0 aliphatic heterocycles. The highest BCUT2D eigenvalue weighted by atomic mass is 16.5. The molecule has 3 rings (SSSR count). The van der Waals surface area contributed by atoms with E-state index < -0.39 is 0 Å². The monoisotopic (exact) mass is 326 g/mol. The number of rotatable bonds is 6. The first-order chi connectivity index (χ1) is 11.5. The maximum absolute atomic E-state index is 12.8. The van der Waals surface area contributed by atoms with Gasteiger partial charge in [0.05, 0.1) is 18.2 Å². The molecule has 0 bridgehead atoms. The minimum atomic E-state index is 0.0367. The van der Waals surface area contributed by atoms with Crippen LogP contribution in [0.25, 0.3) is 11.0 Å². The van der Waals surface area contributed by atoms with Gasteiger partial charge in [0.1, 0.15) is 12.1 Å². The Hall–Kier alpha value is -2.47. The number of carbonyl (C=O) groups is 1. The number of benzene rings is 1. The maximum Gasteiger partial charge on any atom is 0.186 e. The van der Waals surface area contributed by atoms with Crippen molar-refractivity contribution < 1.29 is 9.53 Å². The van der Waals surface area contributed by atoms with E-state index >= 15 is 0 Å². The zero-order chi connectivity index (χ0) is 17.3. The predicted octanol–water partition coefficient (Wildman–Crippen LogP) is 2.94. The van der Waals surface area contributed by atoms with Crippen LogP contribution in [0.5, 0.6) is 0 Å². The fourth-order valence-corrected chi connectivity index (χ4v) is 3.31. The molecule has 1 aromatic carbocycles. The number of ketones is 1. The lowest BCUT2D eigenvalue weighted by molar-refractivity contribution is 0.0967. The molecule has 0 unspecified atom stereocenters. The van der Waals surface area contributed by atoms with Crippen LogP contribution in [0.4, 0.5) is 0 Å². The van der Waals surface area contributed by atoms with Gasteiger partial charge < -0.3 is 9.30 Å². The second-order valence-electron chi connectivity index (χ2n) is 6.12. The van der Waals surface area contributed by atoms with Crippen LogP contribution in [-0.2, 0) is 11.3 Å². The molecule has 1 atom stereocenters. The zero-order valence-corrected chi connectivity index (χ0v) is 14.5. The first-order valence-corrected chi connectivity index (χ1v) is 8.01.